The third kappa shape index (κ3) is 7.17. The molecule has 1 aromatic heterocycles. The zero-order chi connectivity index (χ0) is 25.2. The van der Waals surface area contributed by atoms with Crippen molar-refractivity contribution in [3.05, 3.63) is 83.2 Å². The summed E-state index contributed by atoms with van der Waals surface area (Å²) in [6.45, 7) is 6.27. The number of nitrogens with one attached hydrogen (secondary N) is 2. The van der Waals surface area contributed by atoms with Gasteiger partial charge >= 0.3 is 5.97 Å². The van der Waals surface area contributed by atoms with Gasteiger partial charge in [0, 0.05) is 12.2 Å². The van der Waals surface area contributed by atoms with Gasteiger partial charge in [-0.25, -0.2) is 4.79 Å². The number of esters is 1. The van der Waals surface area contributed by atoms with Crippen LogP contribution in [0.15, 0.2) is 66.3 Å². The molecule has 35 heavy (non-hydrogen) atoms. The molecule has 182 valence electrons. The first-order valence-electron chi connectivity index (χ1n) is 10.7. The van der Waals surface area contributed by atoms with Crippen LogP contribution < -0.4 is 10.6 Å². The molecular weight excluding hydrogens is 490 g/mol. The van der Waals surface area contributed by atoms with E-state index >= 15 is 0 Å². The lowest BCUT2D eigenvalue weighted by Gasteiger charge is -2.10. The number of hydrogen-bond acceptors (Lipinski definition) is 7. The van der Waals surface area contributed by atoms with Crippen LogP contribution in [0.4, 0.5) is 5.69 Å². The summed E-state index contributed by atoms with van der Waals surface area (Å²) in [7, 11) is 0. The maximum absolute atomic E-state index is 12.5. The zero-order valence-electron chi connectivity index (χ0n) is 19.0. The summed E-state index contributed by atoms with van der Waals surface area (Å²) in [5.41, 5.74) is 1.20. The Bertz CT molecular complexity index is 1230. The van der Waals surface area contributed by atoms with Gasteiger partial charge in [0.2, 0.25) is 5.91 Å². The van der Waals surface area contributed by atoms with Crippen molar-refractivity contribution in [3.8, 4) is 0 Å². The van der Waals surface area contributed by atoms with Crippen LogP contribution in [0.25, 0.3) is 0 Å². The number of allylic oxidation sites excluding steroid dienone is 1. The van der Waals surface area contributed by atoms with E-state index in [0.717, 1.165) is 0 Å². The number of carbonyl (C=O) groups is 3. The van der Waals surface area contributed by atoms with Crippen molar-refractivity contribution in [3.63, 3.8) is 0 Å². The zero-order valence-corrected chi connectivity index (χ0v) is 20.6. The summed E-state index contributed by atoms with van der Waals surface area (Å²) in [6, 6.07) is 13.3. The van der Waals surface area contributed by atoms with E-state index in [4.69, 9.17) is 16.3 Å². The van der Waals surface area contributed by atoms with Gasteiger partial charge in [-0.1, -0.05) is 47.6 Å². The molecule has 3 aromatic rings. The number of anilines is 1. The standard InChI is InChI=1S/C24H24ClN5O4S/c1-3-12-30-20(14-26-22(32)18-10-5-6-11-19(18)25)28-29-24(30)35-15-21(31)27-17-9-7-8-16(13-17)23(33)34-4-2/h3,5-11,13H,1,4,12,14-15H2,2H3,(H,26,32)(H,27,31). The van der Waals surface area contributed by atoms with Gasteiger partial charge in [-0.2, -0.15) is 0 Å². The number of amides is 2. The molecule has 0 aliphatic rings. The number of thioether (sulfide) groups is 1. The summed E-state index contributed by atoms with van der Waals surface area (Å²) >= 11 is 7.27. The smallest absolute Gasteiger partial charge is 0.338 e. The maximum atomic E-state index is 12.5. The molecule has 0 unspecified atom stereocenters. The van der Waals surface area contributed by atoms with Crippen LogP contribution in [0, 0.1) is 0 Å². The van der Waals surface area contributed by atoms with Crippen LogP contribution in [-0.4, -0.2) is 44.9 Å². The monoisotopic (exact) mass is 513 g/mol. The Morgan fingerprint density at radius 3 is 2.71 bits per heavy atom. The fourth-order valence-electron chi connectivity index (χ4n) is 3.03. The van der Waals surface area contributed by atoms with Crippen LogP contribution >= 0.6 is 23.4 Å². The SMILES string of the molecule is C=CCn1c(CNC(=O)c2ccccc2Cl)nnc1SCC(=O)Nc1cccc(C(=O)OCC)c1. The van der Waals surface area contributed by atoms with Crippen molar-refractivity contribution in [1.29, 1.82) is 0 Å². The molecule has 2 aromatic carbocycles. The molecule has 0 saturated carbocycles. The highest BCUT2D eigenvalue weighted by molar-refractivity contribution is 7.99. The van der Waals surface area contributed by atoms with E-state index in [2.05, 4.69) is 27.4 Å². The van der Waals surface area contributed by atoms with Gasteiger partial charge in [0.05, 0.1) is 35.1 Å². The van der Waals surface area contributed by atoms with E-state index in [9.17, 15) is 14.4 Å². The van der Waals surface area contributed by atoms with Gasteiger partial charge in [0.15, 0.2) is 11.0 Å². The maximum Gasteiger partial charge on any atom is 0.338 e. The van der Waals surface area contributed by atoms with E-state index in [1.807, 2.05) is 0 Å². The first-order valence-corrected chi connectivity index (χ1v) is 12.0. The van der Waals surface area contributed by atoms with Crippen molar-refractivity contribution in [1.82, 2.24) is 20.1 Å². The molecule has 0 spiro atoms. The average molecular weight is 514 g/mol. The summed E-state index contributed by atoms with van der Waals surface area (Å²) in [5.74, 6) is -0.495. The highest BCUT2D eigenvalue weighted by Gasteiger charge is 2.16. The Hall–Kier alpha value is -3.63. The highest BCUT2D eigenvalue weighted by atomic mass is 35.5. The first kappa shape index (κ1) is 26.0. The molecule has 0 fully saturated rings. The van der Waals surface area contributed by atoms with Crippen LogP contribution in [-0.2, 0) is 22.6 Å². The molecular formula is C24H24ClN5O4S. The predicted molar refractivity (Wildman–Crippen MR) is 135 cm³/mol. The topological polar surface area (TPSA) is 115 Å². The lowest BCUT2D eigenvalue weighted by molar-refractivity contribution is -0.113. The number of benzene rings is 2. The highest BCUT2D eigenvalue weighted by Crippen LogP contribution is 2.19. The van der Waals surface area contributed by atoms with Crippen molar-refractivity contribution in [2.24, 2.45) is 0 Å². The molecule has 0 radical (unpaired) electrons. The molecule has 2 amide bonds. The van der Waals surface area contributed by atoms with Gasteiger partial charge in [-0.3, -0.25) is 9.59 Å². The lowest BCUT2D eigenvalue weighted by Crippen LogP contribution is -2.25. The molecule has 3 rings (SSSR count). The Kier molecular flexibility index (Phi) is 9.45. The third-order valence-electron chi connectivity index (χ3n) is 4.62. The van der Waals surface area contributed by atoms with E-state index in [0.29, 0.717) is 39.4 Å². The number of halogens is 1. The minimum Gasteiger partial charge on any atom is -0.462 e. The Morgan fingerprint density at radius 2 is 1.97 bits per heavy atom. The summed E-state index contributed by atoms with van der Waals surface area (Å²) in [4.78, 5) is 36.8. The fraction of sp³-hybridized carbons (Fsp3) is 0.208. The predicted octanol–water partition coefficient (Wildman–Crippen LogP) is 3.96. The second kappa shape index (κ2) is 12.7. The molecule has 0 saturated heterocycles. The molecule has 0 atom stereocenters. The third-order valence-corrected chi connectivity index (χ3v) is 5.92. The Labute approximate surface area is 211 Å². The van der Waals surface area contributed by atoms with Crippen molar-refractivity contribution < 1.29 is 19.1 Å². The molecule has 2 N–H and O–H groups in total. The molecule has 9 nitrogen and oxygen atoms in total. The van der Waals surface area contributed by atoms with Gasteiger partial charge in [-0.05, 0) is 37.3 Å². The Morgan fingerprint density at radius 1 is 1.17 bits per heavy atom. The quantitative estimate of drug-likeness (QED) is 0.226. The minimum absolute atomic E-state index is 0.0604. The van der Waals surface area contributed by atoms with Gasteiger partial charge < -0.3 is 19.9 Å². The number of aromatic nitrogens is 3. The molecule has 0 aliphatic carbocycles. The number of ether oxygens (including phenoxy) is 1. The average Bonchev–Trinajstić information content (AvgIpc) is 3.23. The van der Waals surface area contributed by atoms with E-state index in [-0.39, 0.29) is 30.7 Å². The van der Waals surface area contributed by atoms with Crippen molar-refractivity contribution in [2.75, 3.05) is 17.7 Å². The molecule has 0 bridgehead atoms. The normalized spacial score (nSPS) is 10.5. The van der Waals surface area contributed by atoms with Gasteiger partial charge in [-0.15, -0.1) is 16.8 Å². The van der Waals surface area contributed by atoms with Gasteiger partial charge in [0.1, 0.15) is 0 Å². The van der Waals surface area contributed by atoms with Crippen molar-refractivity contribution >= 4 is 46.8 Å². The number of nitrogens with zero attached hydrogens (tertiary/aromatic N) is 3. The van der Waals surface area contributed by atoms with Crippen LogP contribution in [0.1, 0.15) is 33.5 Å². The molecule has 0 aliphatic heterocycles. The Balaban J connectivity index is 1.60. The van der Waals surface area contributed by atoms with E-state index in [1.165, 1.54) is 11.8 Å². The first-order chi connectivity index (χ1) is 16.9. The second-order valence-electron chi connectivity index (χ2n) is 7.10. The van der Waals surface area contributed by atoms with E-state index in [1.54, 1.807) is 66.1 Å². The summed E-state index contributed by atoms with van der Waals surface area (Å²) in [6.07, 6.45) is 1.67. The van der Waals surface area contributed by atoms with Gasteiger partial charge in [0.25, 0.3) is 5.91 Å². The van der Waals surface area contributed by atoms with Crippen molar-refractivity contribution in [2.45, 2.75) is 25.2 Å². The fourth-order valence-corrected chi connectivity index (χ4v) is 4.02. The number of hydrogen-bond donors (Lipinski definition) is 2. The molecule has 11 heteroatoms. The largest absolute Gasteiger partial charge is 0.462 e. The molecule has 1 heterocycles. The summed E-state index contributed by atoms with van der Waals surface area (Å²) in [5, 5.41) is 14.7. The number of carbonyl (C=O) groups excluding carboxylic acids is 3. The lowest BCUT2D eigenvalue weighted by atomic mass is 10.2. The number of rotatable bonds is 11. The van der Waals surface area contributed by atoms with Crippen LogP contribution in [0.3, 0.4) is 0 Å². The minimum atomic E-state index is -0.454. The van der Waals surface area contributed by atoms with Crippen LogP contribution in [0.2, 0.25) is 5.02 Å². The second-order valence-corrected chi connectivity index (χ2v) is 8.45. The van der Waals surface area contributed by atoms with E-state index < -0.39 is 5.97 Å². The summed E-state index contributed by atoms with van der Waals surface area (Å²) < 4.78 is 6.75. The van der Waals surface area contributed by atoms with Crippen LogP contribution in [0.5, 0.6) is 0 Å².